The molecule has 0 amide bonds. The van der Waals surface area contributed by atoms with Gasteiger partial charge >= 0.3 is 5.97 Å². The minimum Gasteiger partial charge on any atom is -0.469 e. The third-order valence-electron chi connectivity index (χ3n) is 5.47. The van der Waals surface area contributed by atoms with E-state index in [2.05, 4.69) is 19.1 Å². The molecular weight excluding hydrogens is 364 g/mol. The average Bonchev–Trinajstić information content (AvgIpc) is 2.91. The van der Waals surface area contributed by atoms with E-state index >= 15 is 0 Å². The van der Waals surface area contributed by atoms with Gasteiger partial charge in [-0.1, -0.05) is 57.4 Å². The Morgan fingerprint density at radius 1 is 1.30 bits per heavy atom. The summed E-state index contributed by atoms with van der Waals surface area (Å²) in [6.45, 7) is 4.01. The van der Waals surface area contributed by atoms with E-state index in [1.54, 1.807) is 0 Å². The van der Waals surface area contributed by atoms with Gasteiger partial charge in [0, 0.05) is 11.3 Å². The number of hydrogen-bond donors (Lipinski definition) is 2. The Morgan fingerprint density at radius 2 is 2.04 bits per heavy atom. The molecule has 0 aromatic rings. The molecule has 1 rings (SSSR count). The molecule has 0 bridgehead atoms. The number of methoxy groups -OCH3 is 1. The first-order valence-electron chi connectivity index (χ1n) is 10.3. The number of ether oxygens (including phenoxy) is 1. The second kappa shape index (κ2) is 13.4. The Balaban J connectivity index is 2.48. The van der Waals surface area contributed by atoms with Crippen molar-refractivity contribution in [1.82, 2.24) is 0 Å². The minimum atomic E-state index is -0.454. The maximum Gasteiger partial charge on any atom is 0.308 e. The molecule has 0 saturated heterocycles. The quantitative estimate of drug-likeness (QED) is 0.217. The molecule has 6 atom stereocenters. The summed E-state index contributed by atoms with van der Waals surface area (Å²) in [6, 6.07) is 0. The van der Waals surface area contributed by atoms with Crippen LogP contribution in [0.1, 0.15) is 65.2 Å². The molecule has 0 heterocycles. The molecule has 1 aliphatic rings. The van der Waals surface area contributed by atoms with Gasteiger partial charge < -0.3 is 14.9 Å². The van der Waals surface area contributed by atoms with E-state index in [0.717, 1.165) is 44.9 Å². The van der Waals surface area contributed by atoms with Gasteiger partial charge in [-0.3, -0.25) is 4.79 Å². The van der Waals surface area contributed by atoms with Crippen LogP contribution in [0.25, 0.3) is 0 Å². The van der Waals surface area contributed by atoms with E-state index in [1.807, 2.05) is 19.1 Å². The van der Waals surface area contributed by atoms with E-state index in [0.29, 0.717) is 6.42 Å². The lowest BCUT2D eigenvalue weighted by atomic mass is 9.90. The lowest BCUT2D eigenvalue weighted by Crippen LogP contribution is -2.19. The summed E-state index contributed by atoms with van der Waals surface area (Å²) in [5.74, 6) is -0.133. The molecule has 0 radical (unpaired) electrons. The monoisotopic (exact) mass is 400 g/mol. The van der Waals surface area contributed by atoms with Crippen molar-refractivity contribution in [2.75, 3.05) is 7.11 Å². The number of unbranched alkanes of at least 4 members (excludes halogenated alkanes) is 2. The fourth-order valence-corrected chi connectivity index (χ4v) is 4.11. The maximum atomic E-state index is 11.4. The van der Waals surface area contributed by atoms with E-state index in [4.69, 9.17) is 16.3 Å². The Labute approximate surface area is 169 Å². The van der Waals surface area contributed by atoms with Crippen LogP contribution in [-0.4, -0.2) is 40.9 Å². The number of rotatable bonds is 12. The van der Waals surface area contributed by atoms with Crippen molar-refractivity contribution >= 4 is 17.6 Å². The third-order valence-corrected chi connectivity index (χ3v) is 5.98. The van der Waals surface area contributed by atoms with Crippen molar-refractivity contribution < 1.29 is 19.7 Å². The normalized spacial score (nSPS) is 28.1. The topological polar surface area (TPSA) is 66.8 Å². The van der Waals surface area contributed by atoms with Gasteiger partial charge in [0.1, 0.15) is 0 Å². The molecule has 1 unspecified atom stereocenters. The number of esters is 1. The first-order valence-corrected chi connectivity index (χ1v) is 10.8. The summed E-state index contributed by atoms with van der Waals surface area (Å²) in [4.78, 5) is 11.4. The van der Waals surface area contributed by atoms with E-state index < -0.39 is 12.2 Å². The third kappa shape index (κ3) is 8.80. The number of halogens is 1. The molecular formula is C22H37ClO4. The summed E-state index contributed by atoms with van der Waals surface area (Å²) in [5.41, 5.74) is 0. The van der Waals surface area contributed by atoms with E-state index in [9.17, 15) is 15.0 Å². The van der Waals surface area contributed by atoms with Gasteiger partial charge in [-0.15, -0.1) is 11.6 Å². The molecule has 1 aliphatic carbocycles. The smallest absolute Gasteiger partial charge is 0.308 e. The summed E-state index contributed by atoms with van der Waals surface area (Å²) >= 11 is 6.46. The first kappa shape index (κ1) is 24.2. The maximum absolute atomic E-state index is 11.4. The van der Waals surface area contributed by atoms with Crippen LogP contribution < -0.4 is 0 Å². The Morgan fingerprint density at radius 3 is 2.70 bits per heavy atom. The number of carbonyl (C=O) groups excluding carboxylic acids is 1. The Kier molecular flexibility index (Phi) is 12.0. The van der Waals surface area contributed by atoms with Crippen molar-refractivity contribution in [3.63, 3.8) is 0 Å². The Bertz CT molecular complexity index is 477. The minimum absolute atomic E-state index is 0.0213. The standard InChI is InChI=1S/C22H37ClO4/c1-4-5-7-11-17(24)13-14-19-18(20(23)15-21(19)25)12-9-6-8-10-16(2)22(26)27-3/h6,9,13-14,16-21,24-25H,4-5,7-8,10-12,15H2,1-3H3/t16?,17-,18+,19+,20+,21+/m0/s1. The summed E-state index contributed by atoms with van der Waals surface area (Å²) in [5, 5.41) is 20.3. The molecule has 156 valence electrons. The number of aliphatic hydroxyl groups is 2. The van der Waals surface area contributed by atoms with Crippen LogP contribution in [0.5, 0.6) is 0 Å². The molecule has 0 aromatic heterocycles. The van der Waals surface area contributed by atoms with Crippen LogP contribution in [0.2, 0.25) is 0 Å². The lowest BCUT2D eigenvalue weighted by Gasteiger charge is -2.19. The number of alkyl halides is 1. The zero-order valence-electron chi connectivity index (χ0n) is 17.0. The molecule has 4 nitrogen and oxygen atoms in total. The molecule has 1 saturated carbocycles. The van der Waals surface area contributed by atoms with Crippen molar-refractivity contribution in [3.8, 4) is 0 Å². The number of allylic oxidation sites excluding steroid dienone is 2. The van der Waals surface area contributed by atoms with Gasteiger partial charge in [0.2, 0.25) is 0 Å². The van der Waals surface area contributed by atoms with Gasteiger partial charge in [0.05, 0.1) is 25.2 Å². The van der Waals surface area contributed by atoms with Crippen LogP contribution in [0.4, 0.5) is 0 Å². The molecule has 0 aromatic carbocycles. The summed E-state index contributed by atoms with van der Waals surface area (Å²) < 4.78 is 4.73. The fraction of sp³-hybridized carbons (Fsp3) is 0.773. The molecule has 0 spiro atoms. The first-order chi connectivity index (χ1) is 12.9. The second-order valence-corrected chi connectivity index (χ2v) is 8.28. The van der Waals surface area contributed by atoms with Gasteiger partial charge in [0.25, 0.3) is 0 Å². The predicted molar refractivity (Wildman–Crippen MR) is 111 cm³/mol. The van der Waals surface area contributed by atoms with Crippen molar-refractivity contribution in [3.05, 3.63) is 24.3 Å². The van der Waals surface area contributed by atoms with Crippen molar-refractivity contribution in [1.29, 1.82) is 0 Å². The van der Waals surface area contributed by atoms with Crippen LogP contribution >= 0.6 is 11.6 Å². The van der Waals surface area contributed by atoms with Crippen LogP contribution in [-0.2, 0) is 9.53 Å². The highest BCUT2D eigenvalue weighted by Crippen LogP contribution is 2.39. The predicted octanol–water partition coefficient (Wildman–Crippen LogP) is 4.62. The van der Waals surface area contributed by atoms with Crippen LogP contribution in [0.15, 0.2) is 24.3 Å². The van der Waals surface area contributed by atoms with Gasteiger partial charge in [0.15, 0.2) is 0 Å². The molecule has 5 heteroatoms. The number of carbonyl (C=O) groups is 1. The molecule has 0 aliphatic heterocycles. The van der Waals surface area contributed by atoms with Gasteiger partial charge in [-0.25, -0.2) is 0 Å². The highest BCUT2D eigenvalue weighted by molar-refractivity contribution is 6.21. The fourth-order valence-electron chi connectivity index (χ4n) is 3.66. The highest BCUT2D eigenvalue weighted by Gasteiger charge is 2.39. The molecule has 27 heavy (non-hydrogen) atoms. The second-order valence-electron chi connectivity index (χ2n) is 7.72. The highest BCUT2D eigenvalue weighted by atomic mass is 35.5. The number of aliphatic hydroxyl groups excluding tert-OH is 2. The van der Waals surface area contributed by atoms with Crippen LogP contribution in [0.3, 0.4) is 0 Å². The largest absolute Gasteiger partial charge is 0.469 e. The summed E-state index contributed by atoms with van der Waals surface area (Å²) in [7, 11) is 1.41. The Hall–Kier alpha value is -0.840. The summed E-state index contributed by atoms with van der Waals surface area (Å²) in [6.07, 6.45) is 14.1. The SMILES string of the molecule is CCCCC[C@H](O)C=C[C@@H]1[C@@H](CC=CCCC(C)C(=O)OC)[C@H](Cl)C[C@H]1O. The van der Waals surface area contributed by atoms with Gasteiger partial charge in [-0.2, -0.15) is 0 Å². The zero-order chi connectivity index (χ0) is 20.2. The van der Waals surface area contributed by atoms with Crippen LogP contribution in [0, 0.1) is 17.8 Å². The average molecular weight is 401 g/mol. The number of hydrogen-bond acceptors (Lipinski definition) is 4. The lowest BCUT2D eigenvalue weighted by molar-refractivity contribution is -0.144. The van der Waals surface area contributed by atoms with Crippen molar-refractivity contribution in [2.24, 2.45) is 17.8 Å². The molecule has 2 N–H and O–H groups in total. The van der Waals surface area contributed by atoms with E-state index in [-0.39, 0.29) is 29.1 Å². The zero-order valence-corrected chi connectivity index (χ0v) is 17.8. The molecule has 1 fully saturated rings. The van der Waals surface area contributed by atoms with E-state index in [1.165, 1.54) is 7.11 Å². The van der Waals surface area contributed by atoms with Gasteiger partial charge in [-0.05, 0) is 38.0 Å². The van der Waals surface area contributed by atoms with Crippen molar-refractivity contribution in [2.45, 2.75) is 82.8 Å².